The van der Waals surface area contributed by atoms with Crippen molar-refractivity contribution < 1.29 is 17.6 Å². The molecule has 32 heavy (non-hydrogen) atoms. The molecule has 1 amide bonds. The van der Waals surface area contributed by atoms with Crippen LogP contribution >= 0.6 is 11.3 Å². The molecule has 11 heteroatoms. The van der Waals surface area contributed by atoms with Gasteiger partial charge in [-0.15, -0.1) is 11.3 Å². The van der Waals surface area contributed by atoms with E-state index >= 15 is 0 Å². The zero-order chi connectivity index (χ0) is 22.9. The maximum absolute atomic E-state index is 13.1. The van der Waals surface area contributed by atoms with Crippen LogP contribution in [0.25, 0.3) is 10.9 Å². The van der Waals surface area contributed by atoms with E-state index in [1.54, 1.807) is 0 Å². The predicted molar refractivity (Wildman–Crippen MR) is 120 cm³/mol. The first-order valence-electron chi connectivity index (χ1n) is 9.36. The van der Waals surface area contributed by atoms with Gasteiger partial charge in [-0.2, -0.15) is 0 Å². The lowest BCUT2D eigenvalue weighted by Crippen LogP contribution is -2.25. The van der Waals surface area contributed by atoms with Gasteiger partial charge in [0.2, 0.25) is 5.56 Å². The molecule has 0 unspecified atom stereocenters. The summed E-state index contributed by atoms with van der Waals surface area (Å²) < 4.78 is 41.1. The van der Waals surface area contributed by atoms with E-state index in [1.165, 1.54) is 41.7 Å². The molecule has 4 rings (SSSR count). The summed E-state index contributed by atoms with van der Waals surface area (Å²) in [6, 6.07) is 10.0. The van der Waals surface area contributed by atoms with Crippen LogP contribution in [0.1, 0.15) is 21.1 Å². The van der Waals surface area contributed by atoms with Gasteiger partial charge in [-0.25, -0.2) is 17.8 Å². The average molecular weight is 473 g/mol. The number of benzene rings is 2. The molecule has 0 aliphatic heterocycles. The zero-order valence-corrected chi connectivity index (χ0v) is 18.3. The Morgan fingerprint density at radius 2 is 1.91 bits per heavy atom. The van der Waals surface area contributed by atoms with Gasteiger partial charge in [-0.05, 0) is 49.4 Å². The van der Waals surface area contributed by atoms with E-state index in [9.17, 15) is 22.4 Å². The van der Waals surface area contributed by atoms with Crippen LogP contribution in [0.4, 0.5) is 10.1 Å². The third-order valence-electron chi connectivity index (χ3n) is 4.53. The second-order valence-electron chi connectivity index (χ2n) is 6.93. The van der Waals surface area contributed by atoms with Crippen molar-refractivity contribution in [2.75, 3.05) is 4.72 Å². The first-order valence-corrected chi connectivity index (χ1v) is 11.7. The van der Waals surface area contributed by atoms with Crippen molar-refractivity contribution >= 4 is 43.9 Å². The molecule has 4 aromatic rings. The van der Waals surface area contributed by atoms with Gasteiger partial charge in [0.15, 0.2) is 0 Å². The van der Waals surface area contributed by atoms with Crippen molar-refractivity contribution in [3.05, 3.63) is 86.3 Å². The largest absolute Gasteiger partial charge is 0.346 e. The molecule has 0 saturated carbocycles. The summed E-state index contributed by atoms with van der Waals surface area (Å²) >= 11 is 1.40. The van der Waals surface area contributed by atoms with Crippen molar-refractivity contribution in [1.29, 1.82) is 0 Å². The molecule has 0 aliphatic rings. The van der Waals surface area contributed by atoms with E-state index in [2.05, 4.69) is 20.0 Å². The Hall–Kier alpha value is -3.57. The van der Waals surface area contributed by atoms with E-state index < -0.39 is 27.3 Å². The van der Waals surface area contributed by atoms with Crippen LogP contribution in [0.15, 0.2) is 63.6 Å². The summed E-state index contributed by atoms with van der Waals surface area (Å²) in [7, 11) is -4.03. The third kappa shape index (κ3) is 4.68. The molecule has 0 radical (unpaired) electrons. The number of nitrogens with one attached hydrogen (secondary N) is 3. The number of pyridine rings is 1. The number of nitrogens with zero attached hydrogens (tertiary/aromatic N) is 1. The van der Waals surface area contributed by atoms with Crippen LogP contribution in [-0.4, -0.2) is 24.3 Å². The molecule has 3 N–H and O–H groups in total. The van der Waals surface area contributed by atoms with Crippen LogP contribution < -0.4 is 15.6 Å². The molecule has 2 heterocycles. The number of amides is 1. The molecule has 0 fully saturated rings. The molecular formula is C21H17FN4O4S2. The van der Waals surface area contributed by atoms with E-state index in [-0.39, 0.29) is 28.1 Å². The smallest absolute Gasteiger partial charge is 0.261 e. The Kier molecular flexibility index (Phi) is 5.76. The molecule has 2 aromatic carbocycles. The van der Waals surface area contributed by atoms with Crippen LogP contribution in [-0.2, 0) is 16.6 Å². The Labute approximate surface area is 186 Å². The average Bonchev–Trinajstić information content (AvgIpc) is 3.17. The fourth-order valence-electron chi connectivity index (χ4n) is 3.05. The number of hydrogen-bond donors (Lipinski definition) is 3. The number of carbonyl (C=O) groups is 1. The molecule has 2 aromatic heterocycles. The molecule has 0 atom stereocenters. The van der Waals surface area contributed by atoms with Crippen molar-refractivity contribution in [3.63, 3.8) is 0 Å². The number of hydrogen-bond acceptors (Lipinski definition) is 6. The van der Waals surface area contributed by atoms with Crippen LogP contribution in [0, 0.1) is 12.7 Å². The number of thiazole rings is 1. The Morgan fingerprint density at radius 1 is 1.16 bits per heavy atom. The number of sulfonamides is 1. The lowest BCUT2D eigenvalue weighted by Gasteiger charge is -2.11. The predicted octanol–water partition coefficient (Wildman–Crippen LogP) is 3.16. The highest BCUT2D eigenvalue weighted by atomic mass is 32.2. The summed E-state index contributed by atoms with van der Waals surface area (Å²) in [5.41, 5.74) is 0.881. The van der Waals surface area contributed by atoms with Crippen molar-refractivity contribution in [2.45, 2.75) is 18.4 Å². The molecular weight excluding hydrogens is 455 g/mol. The fourth-order valence-corrected chi connectivity index (χ4v) is 4.85. The Morgan fingerprint density at radius 3 is 2.59 bits per heavy atom. The number of carbonyl (C=O) groups excluding carboxylic acids is 1. The number of aromatic amines is 1. The van der Waals surface area contributed by atoms with Crippen LogP contribution in [0.3, 0.4) is 0 Å². The minimum absolute atomic E-state index is 0.0378. The minimum Gasteiger partial charge on any atom is -0.346 e. The lowest BCUT2D eigenvalue weighted by atomic mass is 10.1. The summed E-state index contributed by atoms with van der Waals surface area (Å²) in [5.74, 6) is -1.03. The summed E-state index contributed by atoms with van der Waals surface area (Å²) in [6.45, 7) is 2.02. The highest BCUT2D eigenvalue weighted by Crippen LogP contribution is 2.23. The lowest BCUT2D eigenvalue weighted by molar-refractivity contribution is 0.0952. The zero-order valence-electron chi connectivity index (χ0n) is 16.7. The van der Waals surface area contributed by atoms with Crippen molar-refractivity contribution in [3.8, 4) is 0 Å². The van der Waals surface area contributed by atoms with Crippen molar-refractivity contribution in [2.24, 2.45) is 0 Å². The van der Waals surface area contributed by atoms with E-state index in [0.717, 1.165) is 23.9 Å². The standard InChI is InChI=1S/C21H17FN4O4S2/c1-12-11-31-20(24-12)10-23-21(28)17-9-19(27)25-18-7-6-15(8-16(17)18)32(29,30)26-14-4-2-13(22)3-5-14/h2-9,11,26H,10H2,1H3,(H,23,28)(H,25,27). The molecule has 0 spiro atoms. The SMILES string of the molecule is Cc1csc(CNC(=O)c2cc(=O)[nH]c3ccc(S(=O)(=O)Nc4ccc(F)cc4)cc23)n1. The topological polar surface area (TPSA) is 121 Å². The summed E-state index contributed by atoms with van der Waals surface area (Å²) in [5, 5.41) is 5.53. The molecule has 164 valence electrons. The van der Waals surface area contributed by atoms with Gasteiger partial charge < -0.3 is 10.3 Å². The quantitative estimate of drug-likeness (QED) is 0.398. The maximum Gasteiger partial charge on any atom is 0.261 e. The Balaban J connectivity index is 1.67. The van der Waals surface area contributed by atoms with E-state index in [1.807, 2.05) is 12.3 Å². The van der Waals surface area contributed by atoms with Gasteiger partial charge in [-0.3, -0.25) is 14.3 Å². The van der Waals surface area contributed by atoms with Crippen molar-refractivity contribution in [1.82, 2.24) is 15.3 Å². The van der Waals surface area contributed by atoms with Gasteiger partial charge in [0.05, 0.1) is 17.0 Å². The fraction of sp³-hybridized carbons (Fsp3) is 0.0952. The van der Waals surface area contributed by atoms with Gasteiger partial charge in [0.1, 0.15) is 10.8 Å². The Bertz CT molecular complexity index is 1480. The minimum atomic E-state index is -4.03. The molecule has 0 saturated heterocycles. The number of rotatable bonds is 6. The highest BCUT2D eigenvalue weighted by Gasteiger charge is 2.18. The van der Waals surface area contributed by atoms with Gasteiger partial charge >= 0.3 is 0 Å². The number of halogens is 1. The van der Waals surface area contributed by atoms with Crippen LogP contribution in [0.5, 0.6) is 0 Å². The number of anilines is 1. The second-order valence-corrected chi connectivity index (χ2v) is 9.56. The number of aryl methyl sites for hydroxylation is 1. The first kappa shape index (κ1) is 21.7. The van der Waals surface area contributed by atoms with Gasteiger partial charge in [-0.1, -0.05) is 0 Å². The summed E-state index contributed by atoms with van der Waals surface area (Å²) in [6.07, 6.45) is 0. The molecule has 8 nitrogen and oxygen atoms in total. The molecule has 0 bridgehead atoms. The first-order chi connectivity index (χ1) is 15.2. The summed E-state index contributed by atoms with van der Waals surface area (Å²) in [4.78, 5) is 31.6. The van der Waals surface area contributed by atoms with E-state index in [4.69, 9.17) is 0 Å². The third-order valence-corrected chi connectivity index (χ3v) is 6.88. The monoisotopic (exact) mass is 472 g/mol. The number of fused-ring (bicyclic) bond motifs is 1. The second kappa shape index (κ2) is 8.52. The maximum atomic E-state index is 13.1. The van der Waals surface area contributed by atoms with Gasteiger partial charge in [0, 0.05) is 33.7 Å². The van der Waals surface area contributed by atoms with E-state index in [0.29, 0.717) is 10.5 Å². The highest BCUT2D eigenvalue weighted by molar-refractivity contribution is 7.92. The number of aromatic nitrogens is 2. The number of H-pyrrole nitrogens is 1. The molecule has 0 aliphatic carbocycles. The normalized spacial score (nSPS) is 11.4. The van der Waals surface area contributed by atoms with Crippen LogP contribution in [0.2, 0.25) is 0 Å². The van der Waals surface area contributed by atoms with Gasteiger partial charge in [0.25, 0.3) is 15.9 Å².